The van der Waals surface area contributed by atoms with E-state index >= 15 is 0 Å². The van der Waals surface area contributed by atoms with Gasteiger partial charge in [0.1, 0.15) is 5.82 Å². The van der Waals surface area contributed by atoms with Crippen molar-refractivity contribution in [3.63, 3.8) is 0 Å². The normalized spacial score (nSPS) is 23.7. The summed E-state index contributed by atoms with van der Waals surface area (Å²) in [6.45, 7) is 0. The summed E-state index contributed by atoms with van der Waals surface area (Å²) in [5, 5.41) is 9.93. The van der Waals surface area contributed by atoms with Crippen molar-refractivity contribution < 1.29 is 14.3 Å². The molecule has 1 aliphatic carbocycles. The van der Waals surface area contributed by atoms with Crippen molar-refractivity contribution in [1.82, 2.24) is 4.90 Å². The number of likely N-dealkylation sites (N-methyl/N-ethyl adjacent to an activating group) is 1. The van der Waals surface area contributed by atoms with Crippen molar-refractivity contribution in [2.75, 3.05) is 7.05 Å². The molecule has 0 heterocycles. The first-order chi connectivity index (χ1) is 8.59. The third kappa shape index (κ3) is 2.70. The van der Waals surface area contributed by atoms with Crippen LogP contribution in [0.5, 0.6) is 0 Å². The molecule has 0 bridgehead atoms. The number of benzene rings is 1. The first-order valence-corrected chi connectivity index (χ1v) is 6.30. The number of aliphatic hydroxyl groups is 1. The fourth-order valence-electron chi connectivity index (χ4n) is 2.49. The summed E-state index contributed by atoms with van der Waals surface area (Å²) >= 11 is 0. The lowest BCUT2D eigenvalue weighted by Gasteiger charge is -2.35. The molecule has 0 aromatic heterocycles. The number of hydrogen-bond donors (Lipinski definition) is 1. The number of carbonyl (C=O) groups excluding carboxylic acids is 1. The van der Waals surface area contributed by atoms with Gasteiger partial charge >= 0.3 is 0 Å². The zero-order valence-electron chi connectivity index (χ0n) is 10.5. The standard InChI is InChI=1S/C14H18FNO2/c1-16(12-4-2-3-5-13(12)17)14(18)10-6-8-11(15)9-7-10/h6-9,12-13,17H,2-5H2,1H3/t12-,13+/m1/s1. The van der Waals surface area contributed by atoms with Crippen LogP contribution in [-0.4, -0.2) is 35.1 Å². The van der Waals surface area contributed by atoms with Gasteiger partial charge in [-0.2, -0.15) is 0 Å². The Bertz CT molecular complexity index is 418. The van der Waals surface area contributed by atoms with Gasteiger partial charge in [-0.25, -0.2) is 4.39 Å². The maximum Gasteiger partial charge on any atom is 0.253 e. The van der Waals surface area contributed by atoms with Crippen LogP contribution in [0.15, 0.2) is 24.3 Å². The number of carbonyl (C=O) groups is 1. The molecular formula is C14H18FNO2. The van der Waals surface area contributed by atoms with Crippen molar-refractivity contribution in [2.24, 2.45) is 0 Å². The maximum absolute atomic E-state index is 12.8. The molecule has 0 saturated heterocycles. The highest BCUT2D eigenvalue weighted by molar-refractivity contribution is 5.94. The van der Waals surface area contributed by atoms with E-state index in [1.807, 2.05) is 0 Å². The van der Waals surface area contributed by atoms with Crippen molar-refractivity contribution in [2.45, 2.75) is 37.8 Å². The minimum Gasteiger partial charge on any atom is -0.391 e. The monoisotopic (exact) mass is 251 g/mol. The van der Waals surface area contributed by atoms with E-state index in [4.69, 9.17) is 0 Å². The topological polar surface area (TPSA) is 40.5 Å². The van der Waals surface area contributed by atoms with E-state index in [0.29, 0.717) is 5.56 Å². The molecule has 2 atom stereocenters. The second-order valence-corrected chi connectivity index (χ2v) is 4.84. The molecule has 1 saturated carbocycles. The van der Waals surface area contributed by atoms with Gasteiger partial charge < -0.3 is 10.0 Å². The highest BCUT2D eigenvalue weighted by Gasteiger charge is 2.29. The zero-order valence-corrected chi connectivity index (χ0v) is 10.5. The van der Waals surface area contributed by atoms with Gasteiger partial charge in [0.2, 0.25) is 0 Å². The summed E-state index contributed by atoms with van der Waals surface area (Å²) in [4.78, 5) is 13.8. The molecule has 1 amide bonds. The molecular weight excluding hydrogens is 233 g/mol. The van der Waals surface area contributed by atoms with Crippen LogP contribution in [0.4, 0.5) is 4.39 Å². The fraction of sp³-hybridized carbons (Fsp3) is 0.500. The van der Waals surface area contributed by atoms with E-state index in [1.54, 1.807) is 11.9 Å². The SMILES string of the molecule is CN(C(=O)c1ccc(F)cc1)[C@@H]1CCCC[C@@H]1O. The lowest BCUT2D eigenvalue weighted by Crippen LogP contribution is -2.46. The van der Waals surface area contributed by atoms with Crippen LogP contribution in [0, 0.1) is 5.82 Å². The highest BCUT2D eigenvalue weighted by Crippen LogP contribution is 2.23. The second-order valence-electron chi connectivity index (χ2n) is 4.84. The first-order valence-electron chi connectivity index (χ1n) is 6.30. The van der Waals surface area contributed by atoms with E-state index in [1.165, 1.54) is 24.3 Å². The molecule has 98 valence electrons. The average Bonchev–Trinajstić information content (AvgIpc) is 2.38. The van der Waals surface area contributed by atoms with Gasteiger partial charge in [0.15, 0.2) is 0 Å². The third-order valence-corrected chi connectivity index (χ3v) is 3.60. The summed E-state index contributed by atoms with van der Waals surface area (Å²) < 4.78 is 12.8. The number of halogens is 1. The Balaban J connectivity index is 2.10. The van der Waals surface area contributed by atoms with Crippen molar-refractivity contribution >= 4 is 5.91 Å². The van der Waals surface area contributed by atoms with Crippen molar-refractivity contribution in [3.8, 4) is 0 Å². The van der Waals surface area contributed by atoms with Crippen LogP contribution in [0.1, 0.15) is 36.0 Å². The van der Waals surface area contributed by atoms with Gasteiger partial charge in [0.05, 0.1) is 12.1 Å². The number of amides is 1. The molecule has 0 aliphatic heterocycles. The van der Waals surface area contributed by atoms with Gasteiger partial charge in [-0.15, -0.1) is 0 Å². The fourth-order valence-corrected chi connectivity index (χ4v) is 2.49. The molecule has 1 aromatic carbocycles. The van der Waals surface area contributed by atoms with E-state index < -0.39 is 6.10 Å². The van der Waals surface area contributed by atoms with Gasteiger partial charge in [0.25, 0.3) is 5.91 Å². The van der Waals surface area contributed by atoms with E-state index in [2.05, 4.69) is 0 Å². The number of hydrogen-bond acceptors (Lipinski definition) is 2. The Morgan fingerprint density at radius 2 is 1.89 bits per heavy atom. The summed E-state index contributed by atoms with van der Waals surface area (Å²) in [7, 11) is 1.70. The zero-order chi connectivity index (χ0) is 13.1. The lowest BCUT2D eigenvalue weighted by molar-refractivity contribution is 0.0268. The Labute approximate surface area is 106 Å². The molecule has 4 heteroatoms. The molecule has 1 aromatic rings. The molecule has 2 rings (SSSR count). The van der Waals surface area contributed by atoms with E-state index in [0.717, 1.165) is 25.7 Å². The summed E-state index contributed by atoms with van der Waals surface area (Å²) in [5.41, 5.74) is 0.455. The predicted molar refractivity (Wildman–Crippen MR) is 66.8 cm³/mol. The van der Waals surface area contributed by atoms with Crippen LogP contribution in [0.25, 0.3) is 0 Å². The minimum absolute atomic E-state index is 0.128. The Hall–Kier alpha value is -1.42. The van der Waals surface area contributed by atoms with E-state index in [9.17, 15) is 14.3 Å². The Morgan fingerprint density at radius 3 is 2.50 bits per heavy atom. The van der Waals surface area contributed by atoms with Crippen molar-refractivity contribution in [3.05, 3.63) is 35.6 Å². The van der Waals surface area contributed by atoms with Gasteiger partial charge in [-0.1, -0.05) is 12.8 Å². The number of nitrogens with zero attached hydrogens (tertiary/aromatic N) is 1. The summed E-state index contributed by atoms with van der Waals surface area (Å²) in [5.74, 6) is -0.521. The van der Waals surface area contributed by atoms with Crippen LogP contribution in [0.3, 0.4) is 0 Å². The van der Waals surface area contributed by atoms with Crippen LogP contribution >= 0.6 is 0 Å². The Morgan fingerprint density at radius 1 is 1.28 bits per heavy atom. The molecule has 1 N–H and O–H groups in total. The highest BCUT2D eigenvalue weighted by atomic mass is 19.1. The van der Waals surface area contributed by atoms with Gasteiger partial charge in [-0.3, -0.25) is 4.79 Å². The van der Waals surface area contributed by atoms with Gasteiger partial charge in [-0.05, 0) is 37.1 Å². The number of aliphatic hydroxyl groups excluding tert-OH is 1. The maximum atomic E-state index is 12.8. The molecule has 18 heavy (non-hydrogen) atoms. The third-order valence-electron chi connectivity index (χ3n) is 3.60. The Kier molecular flexibility index (Phi) is 3.97. The molecule has 0 spiro atoms. The van der Waals surface area contributed by atoms with Crippen molar-refractivity contribution in [1.29, 1.82) is 0 Å². The molecule has 0 unspecified atom stereocenters. The van der Waals surface area contributed by atoms with E-state index in [-0.39, 0.29) is 17.8 Å². The van der Waals surface area contributed by atoms with Crippen LogP contribution < -0.4 is 0 Å². The average molecular weight is 251 g/mol. The van der Waals surface area contributed by atoms with Crippen LogP contribution in [-0.2, 0) is 0 Å². The molecule has 1 aliphatic rings. The summed E-state index contributed by atoms with van der Waals surface area (Å²) in [6, 6.07) is 5.38. The number of rotatable bonds is 2. The molecule has 3 nitrogen and oxygen atoms in total. The molecule has 0 radical (unpaired) electrons. The lowest BCUT2D eigenvalue weighted by atomic mass is 9.91. The van der Waals surface area contributed by atoms with Gasteiger partial charge in [0, 0.05) is 12.6 Å². The quantitative estimate of drug-likeness (QED) is 0.875. The predicted octanol–water partition coefficient (Wildman–Crippen LogP) is 2.20. The van der Waals surface area contributed by atoms with Crippen LogP contribution in [0.2, 0.25) is 0 Å². The summed E-state index contributed by atoms with van der Waals surface area (Å²) in [6.07, 6.45) is 3.16. The molecule has 1 fully saturated rings. The smallest absolute Gasteiger partial charge is 0.253 e. The minimum atomic E-state index is -0.451. The largest absolute Gasteiger partial charge is 0.391 e. The first kappa shape index (κ1) is 13.0. The second kappa shape index (κ2) is 5.48.